The number of unbranched alkanes of at least 4 members (excludes halogenated alkanes) is 1. The fourth-order valence-corrected chi connectivity index (χ4v) is 3.03. The van der Waals surface area contributed by atoms with Gasteiger partial charge in [0.25, 0.3) is 0 Å². The molecule has 0 radical (unpaired) electrons. The Labute approximate surface area is 191 Å². The summed E-state index contributed by atoms with van der Waals surface area (Å²) in [6.45, 7) is 17.5. The van der Waals surface area contributed by atoms with Gasteiger partial charge in [0.2, 0.25) is 0 Å². The van der Waals surface area contributed by atoms with Gasteiger partial charge in [0, 0.05) is 19.8 Å². The van der Waals surface area contributed by atoms with Crippen LogP contribution in [0.15, 0.2) is 0 Å². The molecule has 0 aliphatic carbocycles. The summed E-state index contributed by atoms with van der Waals surface area (Å²) in [6, 6.07) is 0. The highest BCUT2D eigenvalue weighted by Crippen LogP contribution is 2.16. The average molecular weight is 451 g/mol. The molecule has 0 fully saturated rings. The third-order valence-corrected chi connectivity index (χ3v) is 4.79. The van der Waals surface area contributed by atoms with Gasteiger partial charge in [-0.3, -0.25) is 0 Å². The third-order valence-electron chi connectivity index (χ3n) is 4.79. The van der Waals surface area contributed by atoms with E-state index in [1.807, 2.05) is 13.8 Å². The molecule has 0 saturated heterocycles. The van der Waals surface area contributed by atoms with Gasteiger partial charge in [-0.2, -0.15) is 0 Å². The van der Waals surface area contributed by atoms with Crippen molar-refractivity contribution >= 4 is 0 Å². The van der Waals surface area contributed by atoms with Gasteiger partial charge in [-0.05, 0) is 46.5 Å². The summed E-state index contributed by atoms with van der Waals surface area (Å²) in [5.74, 6) is 0. The maximum atomic E-state index is 6.11. The van der Waals surface area contributed by atoms with Crippen LogP contribution in [0.4, 0.5) is 0 Å². The molecular formula is C24H50O7. The van der Waals surface area contributed by atoms with Crippen LogP contribution in [0, 0.1) is 0 Å². The Morgan fingerprint density at radius 3 is 1.65 bits per heavy atom. The lowest BCUT2D eigenvalue weighted by molar-refractivity contribution is -0.0695. The van der Waals surface area contributed by atoms with Gasteiger partial charge in [-0.15, -0.1) is 0 Å². The van der Waals surface area contributed by atoms with Gasteiger partial charge in [0.1, 0.15) is 0 Å². The molecule has 31 heavy (non-hydrogen) atoms. The largest absolute Gasteiger partial charge is 0.379 e. The summed E-state index contributed by atoms with van der Waals surface area (Å²) in [5.41, 5.74) is 0. The number of hydrogen-bond donors (Lipinski definition) is 0. The van der Waals surface area contributed by atoms with Crippen molar-refractivity contribution in [3.8, 4) is 0 Å². The van der Waals surface area contributed by atoms with Crippen LogP contribution >= 0.6 is 0 Å². The van der Waals surface area contributed by atoms with E-state index < -0.39 is 0 Å². The van der Waals surface area contributed by atoms with Crippen LogP contribution in [0.3, 0.4) is 0 Å². The predicted molar refractivity (Wildman–Crippen MR) is 124 cm³/mol. The Bertz CT molecular complexity index is 344. The van der Waals surface area contributed by atoms with E-state index >= 15 is 0 Å². The molecule has 0 bridgehead atoms. The normalized spacial score (nSPS) is 14.6. The quantitative estimate of drug-likeness (QED) is 0.193. The minimum absolute atomic E-state index is 0.0697. The monoisotopic (exact) mass is 450 g/mol. The van der Waals surface area contributed by atoms with Gasteiger partial charge in [0.05, 0.1) is 71.2 Å². The molecule has 0 amide bonds. The number of hydrogen-bond acceptors (Lipinski definition) is 7. The third kappa shape index (κ3) is 21.3. The molecule has 3 atom stereocenters. The molecule has 7 heteroatoms. The molecule has 3 unspecified atom stereocenters. The summed E-state index contributed by atoms with van der Waals surface area (Å²) < 4.78 is 39.9. The van der Waals surface area contributed by atoms with Gasteiger partial charge in [-0.25, -0.2) is 0 Å². The van der Waals surface area contributed by atoms with Crippen molar-refractivity contribution in [1.29, 1.82) is 0 Å². The van der Waals surface area contributed by atoms with E-state index in [4.69, 9.17) is 33.2 Å². The van der Waals surface area contributed by atoms with Crippen molar-refractivity contribution in [3.63, 3.8) is 0 Å². The average Bonchev–Trinajstić information content (AvgIpc) is 2.77. The smallest absolute Gasteiger partial charge is 0.0704 e. The van der Waals surface area contributed by atoms with E-state index in [1.165, 1.54) is 0 Å². The van der Waals surface area contributed by atoms with Gasteiger partial charge < -0.3 is 33.2 Å². The molecule has 0 aliphatic heterocycles. The highest BCUT2D eigenvalue weighted by molar-refractivity contribution is 4.69. The second kappa shape index (κ2) is 24.4. The van der Waals surface area contributed by atoms with E-state index in [0.717, 1.165) is 45.3 Å². The molecule has 0 aromatic rings. The maximum Gasteiger partial charge on any atom is 0.0704 e. The minimum atomic E-state index is 0.0697. The molecule has 0 aliphatic rings. The lowest BCUT2D eigenvalue weighted by Crippen LogP contribution is -2.29. The van der Waals surface area contributed by atoms with Crippen molar-refractivity contribution in [2.75, 3.05) is 72.7 Å². The zero-order valence-corrected chi connectivity index (χ0v) is 20.9. The summed E-state index contributed by atoms with van der Waals surface area (Å²) in [5, 5.41) is 0. The molecule has 0 saturated carbocycles. The van der Waals surface area contributed by atoms with Crippen molar-refractivity contribution < 1.29 is 33.2 Å². The molecule has 7 nitrogen and oxygen atoms in total. The van der Waals surface area contributed by atoms with Crippen LogP contribution < -0.4 is 0 Å². The number of rotatable bonds is 25. The molecule has 0 heterocycles. The first-order chi connectivity index (χ1) is 15.2. The van der Waals surface area contributed by atoms with E-state index in [0.29, 0.717) is 59.5 Å². The highest BCUT2D eigenvalue weighted by atomic mass is 16.6. The molecule has 0 rings (SSSR count). The number of ether oxygens (including phenoxy) is 7. The molecule has 0 aromatic carbocycles. The van der Waals surface area contributed by atoms with Crippen LogP contribution in [-0.2, 0) is 33.2 Å². The molecule has 0 N–H and O–H groups in total. The van der Waals surface area contributed by atoms with Crippen LogP contribution in [0.2, 0.25) is 0 Å². The van der Waals surface area contributed by atoms with Gasteiger partial charge in [0.15, 0.2) is 0 Å². The summed E-state index contributed by atoms with van der Waals surface area (Å²) in [6.07, 6.45) is 5.17. The SMILES string of the molecule is CCCCOCCOC(CC)CC(CC(C)OCCOCCOCC)OCCOCC. The first-order valence-electron chi connectivity index (χ1n) is 12.3. The van der Waals surface area contributed by atoms with E-state index in [-0.39, 0.29) is 18.3 Å². The van der Waals surface area contributed by atoms with Crippen molar-refractivity contribution in [2.45, 2.75) is 85.0 Å². The van der Waals surface area contributed by atoms with Crippen LogP contribution in [0.5, 0.6) is 0 Å². The van der Waals surface area contributed by atoms with Crippen molar-refractivity contribution in [3.05, 3.63) is 0 Å². The fraction of sp³-hybridized carbons (Fsp3) is 1.00. The van der Waals surface area contributed by atoms with Crippen LogP contribution in [-0.4, -0.2) is 91.0 Å². The predicted octanol–water partition coefficient (Wildman–Crippen LogP) is 4.26. The fourth-order valence-electron chi connectivity index (χ4n) is 3.03. The van der Waals surface area contributed by atoms with Crippen LogP contribution in [0.1, 0.15) is 66.7 Å². The molecular weight excluding hydrogens is 400 g/mol. The summed E-state index contributed by atoms with van der Waals surface area (Å²) >= 11 is 0. The zero-order valence-electron chi connectivity index (χ0n) is 20.9. The molecule has 0 spiro atoms. The Hall–Kier alpha value is -0.280. The lowest BCUT2D eigenvalue weighted by Gasteiger charge is -2.26. The summed E-state index contributed by atoms with van der Waals surface area (Å²) in [7, 11) is 0. The molecule has 188 valence electrons. The second-order valence-electron chi connectivity index (χ2n) is 7.52. The summed E-state index contributed by atoms with van der Waals surface area (Å²) in [4.78, 5) is 0. The topological polar surface area (TPSA) is 64.6 Å². The Kier molecular flexibility index (Phi) is 24.1. The van der Waals surface area contributed by atoms with Gasteiger partial charge in [-0.1, -0.05) is 20.3 Å². The first-order valence-corrected chi connectivity index (χ1v) is 12.3. The standard InChI is InChI=1S/C24H50O7/c1-6-10-11-27-16-19-30-23(7-2)21-24(31-18-14-26-9-4)20-22(5)29-17-15-28-13-12-25-8-3/h22-24H,6-21H2,1-5H3. The molecule has 0 aromatic heterocycles. The van der Waals surface area contributed by atoms with Crippen molar-refractivity contribution in [1.82, 2.24) is 0 Å². The zero-order chi connectivity index (χ0) is 23.0. The van der Waals surface area contributed by atoms with E-state index in [1.54, 1.807) is 0 Å². The van der Waals surface area contributed by atoms with E-state index in [9.17, 15) is 0 Å². The van der Waals surface area contributed by atoms with Gasteiger partial charge >= 0.3 is 0 Å². The minimum Gasteiger partial charge on any atom is -0.379 e. The Morgan fingerprint density at radius 1 is 0.516 bits per heavy atom. The first kappa shape index (κ1) is 30.7. The Balaban J connectivity index is 4.24. The lowest BCUT2D eigenvalue weighted by atomic mass is 10.0. The highest BCUT2D eigenvalue weighted by Gasteiger charge is 2.20. The van der Waals surface area contributed by atoms with Crippen molar-refractivity contribution in [2.24, 2.45) is 0 Å². The second-order valence-corrected chi connectivity index (χ2v) is 7.52. The van der Waals surface area contributed by atoms with E-state index in [2.05, 4.69) is 20.8 Å². The van der Waals surface area contributed by atoms with Crippen LogP contribution in [0.25, 0.3) is 0 Å². The Morgan fingerprint density at radius 2 is 1.03 bits per heavy atom. The maximum absolute atomic E-state index is 6.11.